The lowest BCUT2D eigenvalue weighted by molar-refractivity contribution is 0.251. The average molecular weight is 368 g/mol. The molecule has 0 aliphatic heterocycles. The van der Waals surface area contributed by atoms with Crippen LogP contribution in [0.4, 0.5) is 14.9 Å². The second-order valence-corrected chi connectivity index (χ2v) is 6.32. The number of urea groups is 1. The van der Waals surface area contributed by atoms with Crippen LogP contribution in [0.15, 0.2) is 53.9 Å². The molecule has 130 valence electrons. The van der Waals surface area contributed by atoms with E-state index in [2.05, 4.69) is 25.9 Å². The monoisotopic (exact) mass is 368 g/mol. The van der Waals surface area contributed by atoms with Crippen LogP contribution in [0.1, 0.15) is 5.82 Å². The molecule has 0 atom stereocenters. The topological polar surface area (TPSA) is 84.2 Å². The van der Waals surface area contributed by atoms with Crippen LogP contribution >= 0.6 is 11.3 Å². The summed E-state index contributed by atoms with van der Waals surface area (Å²) in [5.41, 5.74) is 1.48. The zero-order chi connectivity index (χ0) is 17.9. The summed E-state index contributed by atoms with van der Waals surface area (Å²) in [4.78, 5) is 13.0. The first kappa shape index (κ1) is 16.2. The predicted octanol–water partition coefficient (Wildman–Crippen LogP) is 3.31. The number of nitrogens with zero attached hydrogens (tertiary/aromatic N) is 4. The number of nitrogens with one attached hydrogen (secondary N) is 2. The highest BCUT2D eigenvalue weighted by atomic mass is 32.1. The van der Waals surface area contributed by atoms with Crippen molar-refractivity contribution in [2.45, 2.75) is 6.54 Å². The lowest BCUT2D eigenvalue weighted by Gasteiger charge is -2.07. The van der Waals surface area contributed by atoms with Gasteiger partial charge in [0.2, 0.25) is 0 Å². The lowest BCUT2D eigenvalue weighted by Crippen LogP contribution is -2.29. The predicted molar refractivity (Wildman–Crippen MR) is 96.4 cm³/mol. The Bertz CT molecular complexity index is 1060. The van der Waals surface area contributed by atoms with E-state index in [1.165, 1.54) is 12.1 Å². The summed E-state index contributed by atoms with van der Waals surface area (Å²) in [5.74, 6) is -0.0278. The summed E-state index contributed by atoms with van der Waals surface area (Å²) in [6.45, 7) is 0.0996. The Labute approximate surface area is 151 Å². The largest absolute Gasteiger partial charge is 0.330 e. The van der Waals surface area contributed by atoms with Crippen LogP contribution in [-0.4, -0.2) is 25.8 Å². The highest BCUT2D eigenvalue weighted by molar-refractivity contribution is 7.13. The van der Waals surface area contributed by atoms with Crippen molar-refractivity contribution in [3.05, 3.63) is 65.6 Å². The van der Waals surface area contributed by atoms with Crippen molar-refractivity contribution in [3.63, 3.8) is 0 Å². The van der Waals surface area contributed by atoms with Gasteiger partial charge in [0.15, 0.2) is 11.5 Å². The standard InChI is InChI=1S/C17H13FN6OS/c18-11-4-1-2-5-12(11)20-17(25)19-10-16-22-21-15-8-7-13(23-24(15)16)14-6-3-9-26-14/h1-9H,10H2,(H2,19,20,25). The van der Waals surface area contributed by atoms with Crippen molar-refractivity contribution in [2.24, 2.45) is 0 Å². The van der Waals surface area contributed by atoms with E-state index in [4.69, 9.17) is 0 Å². The van der Waals surface area contributed by atoms with E-state index in [-0.39, 0.29) is 12.2 Å². The third-order valence-electron chi connectivity index (χ3n) is 3.63. The number of amides is 2. The van der Waals surface area contributed by atoms with Crippen molar-refractivity contribution < 1.29 is 9.18 Å². The number of hydrogen-bond donors (Lipinski definition) is 2. The molecule has 0 bridgehead atoms. The third-order valence-corrected chi connectivity index (χ3v) is 4.52. The summed E-state index contributed by atoms with van der Waals surface area (Å²) in [6, 6.07) is 13.0. The van der Waals surface area contributed by atoms with Crippen molar-refractivity contribution in [2.75, 3.05) is 5.32 Å². The first-order valence-corrected chi connectivity index (χ1v) is 8.63. The molecule has 0 unspecified atom stereocenters. The van der Waals surface area contributed by atoms with Gasteiger partial charge in [-0.3, -0.25) is 0 Å². The summed E-state index contributed by atoms with van der Waals surface area (Å²) in [5, 5.41) is 19.7. The van der Waals surface area contributed by atoms with Gasteiger partial charge in [0, 0.05) is 0 Å². The molecule has 3 aromatic heterocycles. The van der Waals surface area contributed by atoms with Gasteiger partial charge in [0.1, 0.15) is 11.5 Å². The van der Waals surface area contributed by atoms with Crippen LogP contribution in [0.25, 0.3) is 16.2 Å². The zero-order valence-corrected chi connectivity index (χ0v) is 14.2. The van der Waals surface area contributed by atoms with E-state index in [1.54, 1.807) is 28.0 Å². The van der Waals surface area contributed by atoms with Gasteiger partial charge in [-0.05, 0) is 35.7 Å². The van der Waals surface area contributed by atoms with Crippen LogP contribution in [0.5, 0.6) is 0 Å². The smallest absolute Gasteiger partial charge is 0.319 e. The molecule has 0 aliphatic rings. The fraction of sp³-hybridized carbons (Fsp3) is 0.0588. The first-order valence-electron chi connectivity index (χ1n) is 7.75. The summed E-state index contributed by atoms with van der Waals surface area (Å²) >= 11 is 1.58. The lowest BCUT2D eigenvalue weighted by atomic mass is 10.3. The van der Waals surface area contributed by atoms with Gasteiger partial charge >= 0.3 is 6.03 Å². The number of hydrogen-bond acceptors (Lipinski definition) is 5. The Morgan fingerprint density at radius 3 is 2.81 bits per heavy atom. The summed E-state index contributed by atoms with van der Waals surface area (Å²) in [6.07, 6.45) is 0. The van der Waals surface area contributed by atoms with Crippen LogP contribution in [0.3, 0.4) is 0 Å². The zero-order valence-electron chi connectivity index (χ0n) is 13.4. The van der Waals surface area contributed by atoms with E-state index in [0.29, 0.717) is 11.5 Å². The van der Waals surface area contributed by atoms with Crippen molar-refractivity contribution in [3.8, 4) is 10.6 Å². The van der Waals surface area contributed by atoms with Crippen molar-refractivity contribution in [1.82, 2.24) is 25.1 Å². The third kappa shape index (κ3) is 3.24. The van der Waals surface area contributed by atoms with Crippen molar-refractivity contribution >= 4 is 28.7 Å². The number of aromatic nitrogens is 4. The molecule has 0 spiro atoms. The minimum Gasteiger partial charge on any atom is -0.330 e. The Hall–Kier alpha value is -3.33. The van der Waals surface area contributed by atoms with Crippen LogP contribution in [-0.2, 0) is 6.54 Å². The highest BCUT2D eigenvalue weighted by Gasteiger charge is 2.11. The minimum atomic E-state index is -0.540. The fourth-order valence-electron chi connectivity index (χ4n) is 2.39. The Balaban J connectivity index is 1.49. The SMILES string of the molecule is O=C(NCc1nnc2ccc(-c3cccs3)nn12)Nc1ccccc1F. The van der Waals surface area contributed by atoms with Gasteiger partial charge in [0.25, 0.3) is 0 Å². The van der Waals surface area contributed by atoms with E-state index in [1.807, 2.05) is 29.6 Å². The van der Waals surface area contributed by atoms with Gasteiger partial charge in [0.05, 0.1) is 17.1 Å². The Kier molecular flexibility index (Phi) is 4.28. The maximum Gasteiger partial charge on any atom is 0.319 e. The number of carbonyl (C=O) groups excluding carboxylic acids is 1. The van der Waals surface area contributed by atoms with Gasteiger partial charge in [-0.15, -0.1) is 21.5 Å². The molecule has 0 fully saturated rings. The normalized spacial score (nSPS) is 10.8. The van der Waals surface area contributed by atoms with E-state index >= 15 is 0 Å². The molecule has 3 heterocycles. The number of rotatable bonds is 4. The maximum absolute atomic E-state index is 13.6. The minimum absolute atomic E-state index is 0.0996. The summed E-state index contributed by atoms with van der Waals surface area (Å²) in [7, 11) is 0. The quantitative estimate of drug-likeness (QED) is 0.579. The molecule has 7 nitrogen and oxygen atoms in total. The van der Waals surface area contributed by atoms with Gasteiger partial charge in [-0.1, -0.05) is 18.2 Å². The number of anilines is 1. The summed E-state index contributed by atoms with van der Waals surface area (Å²) < 4.78 is 15.2. The number of fused-ring (bicyclic) bond motifs is 1. The number of para-hydroxylation sites is 1. The molecular formula is C17H13FN6OS. The molecule has 0 aliphatic carbocycles. The maximum atomic E-state index is 13.6. The van der Waals surface area contributed by atoms with Crippen LogP contribution < -0.4 is 10.6 Å². The highest BCUT2D eigenvalue weighted by Crippen LogP contribution is 2.22. The molecular weight excluding hydrogens is 355 g/mol. The average Bonchev–Trinajstić information content (AvgIpc) is 3.31. The molecule has 26 heavy (non-hydrogen) atoms. The Morgan fingerprint density at radius 2 is 2.00 bits per heavy atom. The van der Waals surface area contributed by atoms with E-state index in [0.717, 1.165) is 10.6 Å². The van der Waals surface area contributed by atoms with E-state index < -0.39 is 11.8 Å². The molecule has 1 aromatic carbocycles. The Morgan fingerprint density at radius 1 is 1.12 bits per heavy atom. The van der Waals surface area contributed by atoms with E-state index in [9.17, 15) is 9.18 Å². The molecule has 0 radical (unpaired) electrons. The molecule has 4 rings (SSSR count). The molecule has 0 saturated carbocycles. The van der Waals surface area contributed by atoms with Crippen LogP contribution in [0, 0.1) is 5.82 Å². The van der Waals surface area contributed by atoms with Crippen molar-refractivity contribution in [1.29, 1.82) is 0 Å². The fourth-order valence-corrected chi connectivity index (χ4v) is 3.08. The van der Waals surface area contributed by atoms with Crippen LogP contribution in [0.2, 0.25) is 0 Å². The molecule has 9 heteroatoms. The number of carbonyl (C=O) groups is 1. The first-order chi connectivity index (χ1) is 12.7. The second-order valence-electron chi connectivity index (χ2n) is 5.37. The number of thiophene rings is 1. The molecule has 2 N–H and O–H groups in total. The van der Waals surface area contributed by atoms with Gasteiger partial charge in [-0.25, -0.2) is 9.18 Å². The number of halogens is 1. The molecule has 2 amide bonds. The number of benzene rings is 1. The molecule has 0 saturated heterocycles. The van der Waals surface area contributed by atoms with Gasteiger partial charge < -0.3 is 10.6 Å². The molecule has 4 aromatic rings. The van der Waals surface area contributed by atoms with Gasteiger partial charge in [-0.2, -0.15) is 9.61 Å². The second kappa shape index (κ2) is 6.89.